The molecule has 2 aliphatic rings. The number of carbonyl (C=O) groups is 2. The quantitative estimate of drug-likeness (QED) is 0.900. The summed E-state index contributed by atoms with van der Waals surface area (Å²) in [5.41, 5.74) is 2.95. The fourth-order valence-corrected chi connectivity index (χ4v) is 3.57. The number of aliphatic hydroxyl groups excluding tert-OH is 1. The van der Waals surface area contributed by atoms with Gasteiger partial charge in [-0.3, -0.25) is 9.59 Å². The summed E-state index contributed by atoms with van der Waals surface area (Å²) in [4.78, 5) is 25.2. The van der Waals surface area contributed by atoms with Crippen LogP contribution in [-0.2, 0) is 0 Å². The van der Waals surface area contributed by atoms with Crippen molar-refractivity contribution in [2.45, 2.75) is 32.5 Å². The number of hydrogen-bond acceptors (Lipinski definition) is 5. The Kier molecular flexibility index (Phi) is 4.04. The minimum absolute atomic E-state index is 0.0434. The molecule has 2 aromatic carbocycles. The zero-order valence-electron chi connectivity index (χ0n) is 14.7. The summed E-state index contributed by atoms with van der Waals surface area (Å²) in [7, 11) is 0. The van der Waals surface area contributed by atoms with E-state index in [0.29, 0.717) is 22.6 Å². The van der Waals surface area contributed by atoms with Crippen LogP contribution in [-0.4, -0.2) is 35.5 Å². The number of rotatable bonds is 2. The lowest BCUT2D eigenvalue weighted by Crippen LogP contribution is -2.47. The summed E-state index contributed by atoms with van der Waals surface area (Å²) in [6, 6.07) is 10.8. The summed E-state index contributed by atoms with van der Waals surface area (Å²) in [6.45, 7) is 3.91. The maximum Gasteiger partial charge on any atom is 0.175 e. The minimum atomic E-state index is -1.12. The van der Waals surface area contributed by atoms with Gasteiger partial charge in [0.25, 0.3) is 0 Å². The molecule has 0 aromatic heterocycles. The monoisotopic (exact) mass is 352 g/mol. The third-order valence-electron chi connectivity index (χ3n) is 5.05. The van der Waals surface area contributed by atoms with Gasteiger partial charge in [-0.05, 0) is 49.2 Å². The number of Topliss-reactive ketones (excluding diaryl/α,β-unsaturated/α-hetero) is 2. The van der Waals surface area contributed by atoms with E-state index < -0.39 is 18.1 Å². The number of carbonyl (C=O) groups excluding carboxylic acids is 2. The van der Waals surface area contributed by atoms with Gasteiger partial charge in [-0.15, -0.1) is 0 Å². The highest BCUT2D eigenvalue weighted by Crippen LogP contribution is 2.34. The molecular formula is C21H20O5. The van der Waals surface area contributed by atoms with E-state index in [0.717, 1.165) is 11.1 Å². The fraction of sp³-hybridized carbons (Fsp3) is 0.333. The topological polar surface area (TPSA) is 72.8 Å². The summed E-state index contributed by atoms with van der Waals surface area (Å²) in [6.07, 6.45) is -1.84. The van der Waals surface area contributed by atoms with E-state index in [4.69, 9.17) is 9.47 Å². The molecule has 0 saturated carbocycles. The van der Waals surface area contributed by atoms with Crippen LogP contribution >= 0.6 is 0 Å². The average Bonchev–Trinajstić information content (AvgIpc) is 2.61. The Bertz CT molecular complexity index is 901. The molecule has 0 amide bonds. The zero-order valence-corrected chi connectivity index (χ0v) is 14.7. The Balaban J connectivity index is 1.59. The van der Waals surface area contributed by atoms with Crippen molar-refractivity contribution in [2.24, 2.45) is 5.92 Å². The lowest BCUT2D eigenvalue weighted by atomic mass is 9.85. The lowest BCUT2D eigenvalue weighted by Gasteiger charge is -2.34. The van der Waals surface area contributed by atoms with E-state index in [1.165, 1.54) is 0 Å². The number of aliphatic hydroxyl groups is 1. The molecule has 0 spiro atoms. The first-order valence-electron chi connectivity index (χ1n) is 8.70. The molecule has 5 nitrogen and oxygen atoms in total. The molecule has 1 N–H and O–H groups in total. The molecule has 4 rings (SSSR count). The SMILES string of the molecule is Cc1ccc2c(c1)O[C@H](C(O)C1COc3cc(C)ccc3C1=O)CC2=O. The minimum Gasteiger partial charge on any atom is -0.492 e. The fourth-order valence-electron chi connectivity index (χ4n) is 3.57. The highest BCUT2D eigenvalue weighted by atomic mass is 16.5. The maximum absolute atomic E-state index is 12.8. The Labute approximate surface area is 151 Å². The molecular weight excluding hydrogens is 332 g/mol. The van der Waals surface area contributed by atoms with Gasteiger partial charge in [-0.25, -0.2) is 0 Å². The van der Waals surface area contributed by atoms with Gasteiger partial charge in [-0.2, -0.15) is 0 Å². The van der Waals surface area contributed by atoms with Gasteiger partial charge in [0.15, 0.2) is 11.6 Å². The van der Waals surface area contributed by atoms with Crippen molar-refractivity contribution in [2.75, 3.05) is 6.61 Å². The molecule has 2 aromatic rings. The molecule has 5 heteroatoms. The first kappa shape index (κ1) is 16.8. The molecule has 2 heterocycles. The normalized spacial score (nSPS) is 22.7. The van der Waals surface area contributed by atoms with Gasteiger partial charge >= 0.3 is 0 Å². The number of aryl methyl sites for hydroxylation is 2. The number of benzene rings is 2. The molecule has 0 aliphatic carbocycles. The Morgan fingerprint density at radius 1 is 1.00 bits per heavy atom. The van der Waals surface area contributed by atoms with Crippen molar-refractivity contribution in [3.63, 3.8) is 0 Å². The van der Waals surface area contributed by atoms with Crippen molar-refractivity contribution < 1.29 is 24.2 Å². The summed E-state index contributed by atoms with van der Waals surface area (Å²) in [5, 5.41) is 10.8. The highest BCUT2D eigenvalue weighted by molar-refractivity contribution is 6.02. The molecule has 0 bridgehead atoms. The van der Waals surface area contributed by atoms with E-state index in [1.807, 2.05) is 32.0 Å². The smallest absolute Gasteiger partial charge is 0.175 e. The molecule has 0 fully saturated rings. The highest BCUT2D eigenvalue weighted by Gasteiger charge is 2.41. The van der Waals surface area contributed by atoms with E-state index in [-0.39, 0.29) is 24.6 Å². The standard InChI is InChI=1S/C21H20O5/c1-11-4-6-14-17(7-11)25-10-15(20(14)23)21(24)19-9-16(22)13-5-3-12(2)8-18(13)26-19/h3-8,15,19,21,24H,9-10H2,1-2H3/t15?,19-,21?/m0/s1. The van der Waals surface area contributed by atoms with E-state index in [2.05, 4.69) is 0 Å². The van der Waals surface area contributed by atoms with E-state index in [9.17, 15) is 14.7 Å². The van der Waals surface area contributed by atoms with E-state index in [1.54, 1.807) is 18.2 Å². The molecule has 3 atom stereocenters. The maximum atomic E-state index is 12.8. The molecule has 2 aliphatic heterocycles. The van der Waals surface area contributed by atoms with Gasteiger partial charge in [0.05, 0.1) is 23.5 Å². The Hall–Kier alpha value is -2.66. The van der Waals surface area contributed by atoms with Gasteiger partial charge < -0.3 is 14.6 Å². The van der Waals surface area contributed by atoms with Crippen LogP contribution in [0.3, 0.4) is 0 Å². The predicted octanol–water partition coefficient (Wildman–Crippen LogP) is 2.89. The van der Waals surface area contributed by atoms with Gasteiger partial charge in [0, 0.05) is 0 Å². The van der Waals surface area contributed by atoms with Crippen LogP contribution in [0.2, 0.25) is 0 Å². The third kappa shape index (κ3) is 2.78. The predicted molar refractivity (Wildman–Crippen MR) is 95.0 cm³/mol. The van der Waals surface area contributed by atoms with Crippen molar-refractivity contribution >= 4 is 11.6 Å². The first-order valence-corrected chi connectivity index (χ1v) is 8.70. The van der Waals surface area contributed by atoms with Crippen LogP contribution in [0.15, 0.2) is 36.4 Å². The van der Waals surface area contributed by atoms with Crippen LogP contribution < -0.4 is 9.47 Å². The average molecular weight is 352 g/mol. The number of ketones is 2. The number of fused-ring (bicyclic) bond motifs is 2. The summed E-state index contributed by atoms with van der Waals surface area (Å²) >= 11 is 0. The van der Waals surface area contributed by atoms with Crippen LogP contribution in [0, 0.1) is 19.8 Å². The largest absolute Gasteiger partial charge is 0.492 e. The molecule has 134 valence electrons. The molecule has 26 heavy (non-hydrogen) atoms. The van der Waals surface area contributed by atoms with Crippen molar-refractivity contribution in [3.05, 3.63) is 58.7 Å². The molecule has 0 saturated heterocycles. The van der Waals surface area contributed by atoms with Crippen molar-refractivity contribution in [1.29, 1.82) is 0 Å². The van der Waals surface area contributed by atoms with Gasteiger partial charge in [-0.1, -0.05) is 12.1 Å². The Morgan fingerprint density at radius 3 is 2.38 bits per heavy atom. The second-order valence-corrected chi connectivity index (χ2v) is 7.06. The summed E-state index contributed by atoms with van der Waals surface area (Å²) < 4.78 is 11.6. The first-order chi connectivity index (χ1) is 12.4. The third-order valence-corrected chi connectivity index (χ3v) is 5.05. The van der Waals surface area contributed by atoms with Crippen LogP contribution in [0.25, 0.3) is 0 Å². The summed E-state index contributed by atoms with van der Waals surface area (Å²) in [5.74, 6) is -0.0136. The van der Waals surface area contributed by atoms with Crippen LogP contribution in [0.5, 0.6) is 11.5 Å². The second-order valence-electron chi connectivity index (χ2n) is 7.06. The zero-order chi connectivity index (χ0) is 18.4. The van der Waals surface area contributed by atoms with Crippen molar-refractivity contribution in [3.8, 4) is 11.5 Å². The van der Waals surface area contributed by atoms with Crippen LogP contribution in [0.1, 0.15) is 38.3 Å². The molecule has 0 radical (unpaired) electrons. The van der Waals surface area contributed by atoms with Crippen molar-refractivity contribution in [1.82, 2.24) is 0 Å². The number of ether oxygens (including phenoxy) is 2. The number of hydrogen-bond donors (Lipinski definition) is 1. The van der Waals surface area contributed by atoms with E-state index >= 15 is 0 Å². The van der Waals surface area contributed by atoms with Gasteiger partial charge in [0.2, 0.25) is 0 Å². The molecule has 2 unspecified atom stereocenters. The Morgan fingerprint density at radius 2 is 1.65 bits per heavy atom. The van der Waals surface area contributed by atoms with Crippen LogP contribution in [0.4, 0.5) is 0 Å². The lowest BCUT2D eigenvalue weighted by molar-refractivity contribution is -0.0179. The van der Waals surface area contributed by atoms with Gasteiger partial charge in [0.1, 0.15) is 30.3 Å². The second kappa shape index (κ2) is 6.25.